The molecule has 1 unspecified atom stereocenters. The van der Waals surface area contributed by atoms with E-state index in [-0.39, 0.29) is 6.10 Å². The molecule has 17 heavy (non-hydrogen) atoms. The third-order valence-corrected chi connectivity index (χ3v) is 3.33. The van der Waals surface area contributed by atoms with Gasteiger partial charge in [0.2, 0.25) is 0 Å². The van der Waals surface area contributed by atoms with Crippen molar-refractivity contribution in [2.75, 3.05) is 7.11 Å². The number of rotatable bonds is 2. The van der Waals surface area contributed by atoms with Gasteiger partial charge in [0.15, 0.2) is 0 Å². The Labute approximate surface area is 107 Å². The molecule has 92 valence electrons. The van der Waals surface area contributed by atoms with Crippen LogP contribution >= 0.6 is 11.6 Å². The van der Waals surface area contributed by atoms with E-state index in [2.05, 4.69) is 0 Å². The zero-order valence-electron chi connectivity index (χ0n) is 9.95. The summed E-state index contributed by atoms with van der Waals surface area (Å²) in [6.07, 6.45) is 5.54. The van der Waals surface area contributed by atoms with E-state index in [0.717, 1.165) is 42.6 Å². The maximum atomic E-state index is 9.80. The molecule has 0 radical (unpaired) electrons. The van der Waals surface area contributed by atoms with Crippen LogP contribution in [-0.4, -0.2) is 18.3 Å². The fourth-order valence-electron chi connectivity index (χ4n) is 2.22. The molecule has 2 nitrogen and oxygen atoms in total. The molecule has 0 saturated heterocycles. The van der Waals surface area contributed by atoms with Crippen LogP contribution in [0.3, 0.4) is 0 Å². The summed E-state index contributed by atoms with van der Waals surface area (Å²) in [5.41, 5.74) is 2.13. The first kappa shape index (κ1) is 12.5. The molecule has 0 aromatic heterocycles. The van der Waals surface area contributed by atoms with Crippen LogP contribution in [0.2, 0.25) is 5.02 Å². The highest BCUT2D eigenvalue weighted by Gasteiger charge is 2.14. The lowest BCUT2D eigenvalue weighted by atomic mass is 10.00. The number of aliphatic hydroxyl groups excluding tert-OH is 1. The van der Waals surface area contributed by atoms with Gasteiger partial charge >= 0.3 is 0 Å². The van der Waals surface area contributed by atoms with Gasteiger partial charge in [0.1, 0.15) is 5.75 Å². The molecule has 1 aliphatic carbocycles. The lowest BCUT2D eigenvalue weighted by Gasteiger charge is -2.12. The fraction of sp³-hybridized carbons (Fsp3) is 0.429. The van der Waals surface area contributed by atoms with Crippen molar-refractivity contribution in [3.05, 3.63) is 34.9 Å². The zero-order chi connectivity index (χ0) is 12.3. The molecule has 1 N–H and O–H groups in total. The van der Waals surface area contributed by atoms with Crippen molar-refractivity contribution >= 4 is 17.2 Å². The summed E-state index contributed by atoms with van der Waals surface area (Å²) in [5.74, 6) is 0.815. The van der Waals surface area contributed by atoms with Crippen LogP contribution in [0.15, 0.2) is 24.3 Å². The standard InChI is InChI=1S/C14H17ClO2/c1-17-14-7-6-11(15)9-13(14)10-4-2-3-5-12(16)8-10/h6-9,12,16H,2-5H2,1H3. The fourth-order valence-corrected chi connectivity index (χ4v) is 2.40. The van der Waals surface area contributed by atoms with Gasteiger partial charge < -0.3 is 9.84 Å². The smallest absolute Gasteiger partial charge is 0.126 e. The quantitative estimate of drug-likeness (QED) is 0.870. The topological polar surface area (TPSA) is 29.5 Å². The highest BCUT2D eigenvalue weighted by Crippen LogP contribution is 2.34. The molecule has 0 heterocycles. The Hall–Kier alpha value is -0.990. The Morgan fingerprint density at radius 3 is 2.94 bits per heavy atom. The van der Waals surface area contributed by atoms with Crippen LogP contribution in [0.4, 0.5) is 0 Å². The number of aliphatic hydroxyl groups is 1. The van der Waals surface area contributed by atoms with Crippen molar-refractivity contribution in [2.45, 2.75) is 31.8 Å². The summed E-state index contributed by atoms with van der Waals surface area (Å²) in [6.45, 7) is 0. The van der Waals surface area contributed by atoms with Crippen molar-refractivity contribution in [3.8, 4) is 5.75 Å². The first-order chi connectivity index (χ1) is 8.20. The van der Waals surface area contributed by atoms with Crippen molar-refractivity contribution in [3.63, 3.8) is 0 Å². The van der Waals surface area contributed by atoms with Crippen LogP contribution in [0.25, 0.3) is 5.57 Å². The molecule has 3 heteroatoms. The minimum Gasteiger partial charge on any atom is -0.496 e. The molecular weight excluding hydrogens is 236 g/mol. The van der Waals surface area contributed by atoms with Crippen LogP contribution in [0.1, 0.15) is 31.2 Å². The molecule has 0 amide bonds. The molecule has 0 bridgehead atoms. The van der Waals surface area contributed by atoms with Gasteiger partial charge in [-0.25, -0.2) is 0 Å². The van der Waals surface area contributed by atoms with E-state index < -0.39 is 0 Å². The van der Waals surface area contributed by atoms with Crippen LogP contribution in [0, 0.1) is 0 Å². The number of methoxy groups -OCH3 is 1. The number of allylic oxidation sites excluding steroid dienone is 1. The number of benzene rings is 1. The second kappa shape index (κ2) is 5.56. The zero-order valence-corrected chi connectivity index (χ0v) is 10.7. The van der Waals surface area contributed by atoms with Crippen LogP contribution in [-0.2, 0) is 0 Å². The van der Waals surface area contributed by atoms with Crippen molar-refractivity contribution in [1.82, 2.24) is 0 Å². The highest BCUT2D eigenvalue weighted by molar-refractivity contribution is 6.30. The Bertz CT molecular complexity index is 426. The van der Waals surface area contributed by atoms with Gasteiger partial charge in [0.25, 0.3) is 0 Å². The predicted octanol–water partition coefficient (Wildman–Crippen LogP) is 3.67. The molecule has 0 fully saturated rings. The summed E-state index contributed by atoms with van der Waals surface area (Å²) >= 11 is 6.02. The largest absolute Gasteiger partial charge is 0.496 e. The maximum absolute atomic E-state index is 9.80. The minimum absolute atomic E-state index is 0.351. The summed E-state index contributed by atoms with van der Waals surface area (Å²) in [4.78, 5) is 0. The van der Waals surface area contributed by atoms with E-state index in [9.17, 15) is 5.11 Å². The van der Waals surface area contributed by atoms with Crippen molar-refractivity contribution in [2.24, 2.45) is 0 Å². The second-order valence-corrected chi connectivity index (χ2v) is 4.79. The molecule has 1 aromatic rings. The van der Waals surface area contributed by atoms with E-state index in [1.807, 2.05) is 24.3 Å². The van der Waals surface area contributed by atoms with Crippen molar-refractivity contribution in [1.29, 1.82) is 0 Å². The van der Waals surface area contributed by atoms with Gasteiger partial charge in [-0.05, 0) is 43.0 Å². The van der Waals surface area contributed by atoms with E-state index in [1.165, 1.54) is 0 Å². The molecule has 0 aliphatic heterocycles. The van der Waals surface area contributed by atoms with E-state index >= 15 is 0 Å². The molecular formula is C14H17ClO2. The van der Waals surface area contributed by atoms with Gasteiger partial charge in [0.05, 0.1) is 13.2 Å². The van der Waals surface area contributed by atoms with Crippen LogP contribution in [0.5, 0.6) is 5.75 Å². The normalized spacial score (nSPS) is 20.6. The Morgan fingerprint density at radius 2 is 2.18 bits per heavy atom. The highest BCUT2D eigenvalue weighted by atomic mass is 35.5. The third-order valence-electron chi connectivity index (χ3n) is 3.10. The lowest BCUT2D eigenvalue weighted by molar-refractivity contribution is 0.211. The third kappa shape index (κ3) is 3.02. The monoisotopic (exact) mass is 252 g/mol. The van der Waals surface area contributed by atoms with Gasteiger partial charge in [-0.1, -0.05) is 24.1 Å². The van der Waals surface area contributed by atoms with Crippen molar-refractivity contribution < 1.29 is 9.84 Å². The van der Waals surface area contributed by atoms with Gasteiger partial charge in [-0.3, -0.25) is 0 Å². The van der Waals surface area contributed by atoms with Crippen LogP contribution < -0.4 is 4.74 Å². The molecule has 0 saturated carbocycles. The first-order valence-corrected chi connectivity index (χ1v) is 6.31. The molecule has 0 spiro atoms. The van der Waals surface area contributed by atoms with E-state index in [1.54, 1.807) is 7.11 Å². The van der Waals surface area contributed by atoms with Gasteiger partial charge in [-0.15, -0.1) is 0 Å². The lowest BCUT2D eigenvalue weighted by Crippen LogP contribution is -2.00. The molecule has 2 rings (SSSR count). The Morgan fingerprint density at radius 1 is 1.35 bits per heavy atom. The predicted molar refractivity (Wildman–Crippen MR) is 70.5 cm³/mol. The number of ether oxygens (including phenoxy) is 1. The number of hydrogen-bond acceptors (Lipinski definition) is 2. The first-order valence-electron chi connectivity index (χ1n) is 5.93. The van der Waals surface area contributed by atoms with E-state index in [0.29, 0.717) is 5.02 Å². The molecule has 1 aromatic carbocycles. The summed E-state index contributed by atoms with van der Waals surface area (Å²) in [5, 5.41) is 10.5. The minimum atomic E-state index is -0.351. The van der Waals surface area contributed by atoms with Gasteiger partial charge in [-0.2, -0.15) is 0 Å². The average Bonchev–Trinajstić information content (AvgIpc) is 2.54. The molecule has 1 aliphatic rings. The summed E-state index contributed by atoms with van der Waals surface area (Å²) < 4.78 is 5.35. The van der Waals surface area contributed by atoms with E-state index in [4.69, 9.17) is 16.3 Å². The average molecular weight is 253 g/mol. The molecule has 1 atom stereocenters. The second-order valence-electron chi connectivity index (χ2n) is 4.35. The summed E-state index contributed by atoms with van der Waals surface area (Å²) in [7, 11) is 1.65. The number of hydrogen-bond donors (Lipinski definition) is 1. The number of halogens is 1. The Balaban J connectivity index is 2.40. The van der Waals surface area contributed by atoms with Gasteiger partial charge in [0, 0.05) is 10.6 Å². The summed E-state index contributed by atoms with van der Waals surface area (Å²) in [6, 6.07) is 5.59. The Kier molecular flexibility index (Phi) is 4.08. The SMILES string of the molecule is COc1ccc(Cl)cc1C1=CC(O)CCCC1. The maximum Gasteiger partial charge on any atom is 0.126 e.